The Balaban J connectivity index is 0.00000176. The molecule has 0 aliphatic carbocycles. The molecule has 0 saturated carbocycles. The number of pyridine rings is 1. The average Bonchev–Trinajstić information content (AvgIpc) is 2.48. The van der Waals surface area contributed by atoms with Crippen LogP contribution in [0.2, 0.25) is 0 Å². The van der Waals surface area contributed by atoms with Gasteiger partial charge in [0.15, 0.2) is 0 Å². The molecule has 120 valence electrons. The molecule has 0 radical (unpaired) electrons. The van der Waals surface area contributed by atoms with Gasteiger partial charge in [-0.1, -0.05) is 29.3 Å². The molecule has 0 amide bonds. The minimum Gasteiger partial charge on any atom is -0.368 e. The Morgan fingerprint density at radius 3 is 2.64 bits per heavy atom. The Morgan fingerprint density at radius 2 is 1.95 bits per heavy atom. The highest BCUT2D eigenvalue weighted by Gasteiger charge is 2.16. The summed E-state index contributed by atoms with van der Waals surface area (Å²) >= 11 is 3.63. The first-order chi connectivity index (χ1) is 10.2. The van der Waals surface area contributed by atoms with E-state index in [0.29, 0.717) is 0 Å². The predicted octanol–water partition coefficient (Wildman–Crippen LogP) is 4.09. The summed E-state index contributed by atoms with van der Waals surface area (Å²) in [4.78, 5) is 7.39. The van der Waals surface area contributed by atoms with Crippen molar-refractivity contribution in [1.82, 2.24) is 10.3 Å². The number of aryl methyl sites for hydroxylation is 2. The molecule has 5 heteroatoms. The van der Waals surface area contributed by atoms with Crippen molar-refractivity contribution >= 4 is 44.9 Å². The summed E-state index contributed by atoms with van der Waals surface area (Å²) in [6, 6.07) is 6.66. The summed E-state index contributed by atoms with van der Waals surface area (Å²) in [6.07, 6.45) is 2.18. The van der Waals surface area contributed by atoms with E-state index in [0.717, 1.165) is 49.0 Å². The Hall–Kier alpha value is -0.840. The number of hydrogen-bond donors (Lipinski definition) is 1. The van der Waals surface area contributed by atoms with Gasteiger partial charge in [0, 0.05) is 47.4 Å². The van der Waals surface area contributed by atoms with Crippen molar-refractivity contribution in [3.63, 3.8) is 0 Å². The van der Waals surface area contributed by atoms with Gasteiger partial charge in [-0.3, -0.25) is 4.98 Å². The highest BCUT2D eigenvalue weighted by Crippen LogP contribution is 2.32. The van der Waals surface area contributed by atoms with Gasteiger partial charge in [-0.2, -0.15) is 0 Å². The molecular weight excluding hydrogens is 362 g/mol. The average molecular weight is 385 g/mol. The molecule has 1 saturated heterocycles. The molecule has 1 aliphatic rings. The van der Waals surface area contributed by atoms with Crippen LogP contribution in [0.15, 0.2) is 22.7 Å². The number of halogens is 2. The number of piperazine rings is 1. The molecule has 0 spiro atoms. The molecule has 0 bridgehead atoms. The fourth-order valence-corrected chi connectivity index (χ4v) is 3.61. The van der Waals surface area contributed by atoms with Crippen molar-refractivity contribution in [2.75, 3.05) is 31.1 Å². The van der Waals surface area contributed by atoms with Gasteiger partial charge in [-0.15, -0.1) is 12.4 Å². The lowest BCUT2D eigenvalue weighted by Gasteiger charge is -2.31. The largest absolute Gasteiger partial charge is 0.368 e. The molecule has 22 heavy (non-hydrogen) atoms. The van der Waals surface area contributed by atoms with Gasteiger partial charge in [-0.05, 0) is 37.1 Å². The van der Waals surface area contributed by atoms with Crippen LogP contribution in [0, 0.1) is 6.92 Å². The lowest BCUT2D eigenvalue weighted by molar-refractivity contribution is 0.590. The Morgan fingerprint density at radius 1 is 1.23 bits per heavy atom. The molecule has 2 heterocycles. The number of nitrogens with zero attached hydrogens (tertiary/aromatic N) is 2. The lowest BCUT2D eigenvalue weighted by Crippen LogP contribution is -2.43. The third-order valence-corrected chi connectivity index (χ3v) is 4.52. The zero-order chi connectivity index (χ0) is 14.8. The summed E-state index contributed by atoms with van der Waals surface area (Å²) in [6.45, 7) is 8.61. The number of rotatable bonds is 3. The maximum Gasteiger partial charge on any atom is 0.0756 e. The molecular formula is C17H23BrClN3. The zero-order valence-corrected chi connectivity index (χ0v) is 15.6. The normalized spacial score (nSPS) is 15.0. The third kappa shape index (κ3) is 3.55. The molecule has 1 aromatic carbocycles. The summed E-state index contributed by atoms with van der Waals surface area (Å²) in [5.74, 6) is 0. The van der Waals surface area contributed by atoms with E-state index >= 15 is 0 Å². The van der Waals surface area contributed by atoms with Crippen LogP contribution in [0.3, 0.4) is 0 Å². The van der Waals surface area contributed by atoms with Gasteiger partial charge in [0.25, 0.3) is 0 Å². The van der Waals surface area contributed by atoms with Gasteiger partial charge in [0.1, 0.15) is 0 Å². The molecule has 3 nitrogen and oxygen atoms in total. The zero-order valence-electron chi connectivity index (χ0n) is 13.2. The quantitative estimate of drug-likeness (QED) is 0.864. The molecule has 2 aromatic rings. The monoisotopic (exact) mass is 383 g/mol. The first-order valence-electron chi connectivity index (χ1n) is 7.74. The second kappa shape index (κ2) is 7.62. The fraction of sp³-hybridized carbons (Fsp3) is 0.471. The van der Waals surface area contributed by atoms with E-state index in [1.54, 1.807) is 0 Å². The van der Waals surface area contributed by atoms with Crippen molar-refractivity contribution in [3.8, 4) is 0 Å². The van der Waals surface area contributed by atoms with E-state index in [1.807, 2.05) is 0 Å². The van der Waals surface area contributed by atoms with Gasteiger partial charge in [0.05, 0.1) is 5.52 Å². The van der Waals surface area contributed by atoms with Gasteiger partial charge < -0.3 is 10.2 Å². The number of aromatic nitrogens is 1. The van der Waals surface area contributed by atoms with E-state index in [1.165, 1.54) is 22.3 Å². The molecule has 0 atom stereocenters. The smallest absolute Gasteiger partial charge is 0.0756 e. The van der Waals surface area contributed by atoms with Gasteiger partial charge in [0.2, 0.25) is 0 Å². The molecule has 0 unspecified atom stereocenters. The van der Waals surface area contributed by atoms with Crippen molar-refractivity contribution in [3.05, 3.63) is 33.9 Å². The molecule has 1 N–H and O–H groups in total. The molecule has 1 aromatic heterocycles. The first kappa shape index (κ1) is 17.5. The second-order valence-electron chi connectivity index (χ2n) is 5.74. The van der Waals surface area contributed by atoms with Crippen LogP contribution in [-0.4, -0.2) is 31.2 Å². The number of benzene rings is 1. The standard InChI is InChI=1S/C17H22BrN3.ClH/c1-3-4-14-11-16(21-7-5-19-6-8-21)15-10-13(18)9-12(2)17(15)20-14;/h9-11,19H,3-8H2,1-2H3;1H. The first-order valence-corrected chi connectivity index (χ1v) is 8.54. The van der Waals surface area contributed by atoms with E-state index in [4.69, 9.17) is 4.98 Å². The van der Waals surface area contributed by atoms with Crippen LogP contribution in [0.1, 0.15) is 24.6 Å². The summed E-state index contributed by atoms with van der Waals surface area (Å²) in [7, 11) is 0. The Kier molecular flexibility index (Phi) is 6.07. The molecule has 1 fully saturated rings. The van der Waals surface area contributed by atoms with Crippen molar-refractivity contribution in [2.24, 2.45) is 0 Å². The summed E-state index contributed by atoms with van der Waals surface area (Å²) in [5, 5.41) is 4.70. The SMILES string of the molecule is CCCc1cc(N2CCNCC2)c2cc(Br)cc(C)c2n1.Cl. The van der Waals surface area contributed by atoms with Crippen molar-refractivity contribution in [2.45, 2.75) is 26.7 Å². The second-order valence-corrected chi connectivity index (χ2v) is 6.65. The lowest BCUT2D eigenvalue weighted by atomic mass is 10.1. The predicted molar refractivity (Wildman–Crippen MR) is 101 cm³/mol. The number of nitrogens with one attached hydrogen (secondary N) is 1. The van der Waals surface area contributed by atoms with Crippen LogP contribution in [0.4, 0.5) is 5.69 Å². The number of fused-ring (bicyclic) bond motifs is 1. The van der Waals surface area contributed by atoms with E-state index in [2.05, 4.69) is 58.2 Å². The van der Waals surface area contributed by atoms with Gasteiger partial charge in [-0.25, -0.2) is 0 Å². The number of hydrogen-bond acceptors (Lipinski definition) is 3. The van der Waals surface area contributed by atoms with Crippen LogP contribution < -0.4 is 10.2 Å². The van der Waals surface area contributed by atoms with Crippen LogP contribution >= 0.6 is 28.3 Å². The number of anilines is 1. The van der Waals surface area contributed by atoms with E-state index < -0.39 is 0 Å². The maximum atomic E-state index is 4.90. The summed E-state index contributed by atoms with van der Waals surface area (Å²) in [5.41, 5.74) is 4.95. The van der Waals surface area contributed by atoms with Crippen molar-refractivity contribution in [1.29, 1.82) is 0 Å². The third-order valence-electron chi connectivity index (χ3n) is 4.06. The highest BCUT2D eigenvalue weighted by molar-refractivity contribution is 9.10. The van der Waals surface area contributed by atoms with Crippen molar-refractivity contribution < 1.29 is 0 Å². The topological polar surface area (TPSA) is 28.2 Å². The van der Waals surface area contributed by atoms with Crippen LogP contribution in [0.5, 0.6) is 0 Å². The van der Waals surface area contributed by atoms with E-state index in [-0.39, 0.29) is 12.4 Å². The minimum atomic E-state index is 0. The fourth-order valence-electron chi connectivity index (χ4n) is 3.04. The Bertz CT molecular complexity index is 654. The van der Waals surface area contributed by atoms with E-state index in [9.17, 15) is 0 Å². The summed E-state index contributed by atoms with van der Waals surface area (Å²) < 4.78 is 1.13. The van der Waals surface area contributed by atoms with Gasteiger partial charge >= 0.3 is 0 Å². The minimum absolute atomic E-state index is 0. The van der Waals surface area contributed by atoms with Crippen LogP contribution in [-0.2, 0) is 6.42 Å². The Labute approximate surface area is 147 Å². The van der Waals surface area contributed by atoms with Crippen LogP contribution in [0.25, 0.3) is 10.9 Å². The maximum absolute atomic E-state index is 4.90. The molecule has 3 rings (SSSR count). The molecule has 1 aliphatic heterocycles. The highest BCUT2D eigenvalue weighted by atomic mass is 79.9.